The lowest BCUT2D eigenvalue weighted by molar-refractivity contribution is 0.142. The summed E-state index contributed by atoms with van der Waals surface area (Å²) in [5.41, 5.74) is 5.38. The Balaban J connectivity index is 1.27. The van der Waals surface area contributed by atoms with Crippen LogP contribution in [0.5, 0.6) is 5.75 Å². The first-order chi connectivity index (χ1) is 14.1. The number of piperazine rings is 1. The molecule has 152 valence electrons. The maximum Gasteiger partial charge on any atom is 0.143 e. The summed E-state index contributed by atoms with van der Waals surface area (Å²) in [5.74, 6) is 0.821. The number of benzene rings is 2. The van der Waals surface area contributed by atoms with Crippen LogP contribution in [0.15, 0.2) is 60.8 Å². The third-order valence-corrected chi connectivity index (χ3v) is 5.45. The first kappa shape index (κ1) is 19.6. The normalized spacial score (nSPS) is 18.3. The van der Waals surface area contributed by atoms with Gasteiger partial charge in [0.25, 0.3) is 0 Å². The molecule has 0 radical (unpaired) electrons. The number of hydrogen-bond donors (Lipinski definition) is 2. The molecule has 0 spiro atoms. The van der Waals surface area contributed by atoms with Crippen LogP contribution in [0.2, 0.25) is 0 Å². The number of aliphatic hydroxyl groups excluding tert-OH is 1. The van der Waals surface area contributed by atoms with Crippen molar-refractivity contribution in [1.82, 2.24) is 4.90 Å². The van der Waals surface area contributed by atoms with Crippen molar-refractivity contribution in [3.05, 3.63) is 71.9 Å². The highest BCUT2D eigenvalue weighted by Crippen LogP contribution is 2.30. The van der Waals surface area contributed by atoms with Crippen LogP contribution in [0.25, 0.3) is 6.08 Å². The lowest BCUT2D eigenvalue weighted by Crippen LogP contribution is -2.48. The minimum atomic E-state index is -0.490. The third kappa shape index (κ3) is 5.00. The Morgan fingerprint density at radius 2 is 1.90 bits per heavy atom. The number of rotatable bonds is 5. The minimum absolute atomic E-state index is 0.483. The van der Waals surface area contributed by atoms with Gasteiger partial charge in [-0.25, -0.2) is 0 Å². The van der Waals surface area contributed by atoms with Crippen molar-refractivity contribution in [3.8, 4) is 5.75 Å². The molecule has 5 heteroatoms. The summed E-state index contributed by atoms with van der Waals surface area (Å²) < 4.78 is 5.69. The van der Waals surface area contributed by atoms with Gasteiger partial charge in [0.05, 0.1) is 11.8 Å². The van der Waals surface area contributed by atoms with Crippen molar-refractivity contribution in [1.29, 1.82) is 0 Å². The van der Waals surface area contributed by atoms with Crippen LogP contribution in [0.4, 0.5) is 11.4 Å². The monoisotopic (exact) mass is 391 g/mol. The molecule has 1 fully saturated rings. The number of nitrogens with zero attached hydrogens (tertiary/aromatic N) is 2. The van der Waals surface area contributed by atoms with Gasteiger partial charge >= 0.3 is 0 Å². The average Bonchev–Trinajstić information content (AvgIpc) is 2.73. The van der Waals surface area contributed by atoms with Gasteiger partial charge in [0.15, 0.2) is 0 Å². The highest BCUT2D eigenvalue weighted by atomic mass is 16.5. The van der Waals surface area contributed by atoms with E-state index >= 15 is 0 Å². The zero-order valence-corrected chi connectivity index (χ0v) is 17.0. The van der Waals surface area contributed by atoms with Crippen LogP contribution >= 0.6 is 0 Å². The highest BCUT2D eigenvalue weighted by molar-refractivity contribution is 5.66. The van der Waals surface area contributed by atoms with Gasteiger partial charge in [0.2, 0.25) is 0 Å². The Bertz CT molecular complexity index is 883. The van der Waals surface area contributed by atoms with E-state index in [1.165, 1.54) is 11.3 Å². The number of β-amino-alcohol motifs (C(OH)–C–C–N with tert-alkyl or cyclic N) is 1. The van der Waals surface area contributed by atoms with Crippen LogP contribution in [-0.4, -0.2) is 55.4 Å². The number of fused-ring (bicyclic) bond motifs is 1. The fourth-order valence-corrected chi connectivity index (χ4v) is 3.75. The fraction of sp³-hybridized carbons (Fsp3) is 0.333. The summed E-state index contributed by atoms with van der Waals surface area (Å²) in [7, 11) is 0. The summed E-state index contributed by atoms with van der Waals surface area (Å²) in [4.78, 5) is 4.74. The number of ether oxygens (including phenoxy) is 1. The van der Waals surface area contributed by atoms with E-state index in [4.69, 9.17) is 4.74 Å². The molecular formula is C24H29N3O2. The highest BCUT2D eigenvalue weighted by Gasteiger charge is 2.18. The van der Waals surface area contributed by atoms with Crippen molar-refractivity contribution in [3.63, 3.8) is 0 Å². The molecule has 0 saturated carbocycles. The largest absolute Gasteiger partial charge is 0.485 e. The molecule has 0 amide bonds. The predicted octanol–water partition coefficient (Wildman–Crippen LogP) is 3.51. The number of aryl methyl sites for hydroxylation is 1. The Hall–Kier alpha value is -2.76. The lowest BCUT2D eigenvalue weighted by atomic mass is 10.1. The summed E-state index contributed by atoms with van der Waals surface area (Å²) in [6.45, 7) is 11.0. The van der Waals surface area contributed by atoms with Crippen LogP contribution < -0.4 is 15.0 Å². The Morgan fingerprint density at radius 1 is 1.14 bits per heavy atom. The SMILES string of the molecule is C=C1COc2cc(/C=C/[C@H](O)CN3CCN(c4ccc(C)cc4)CC3)ccc2N1. The molecule has 4 rings (SSSR count). The molecule has 0 bridgehead atoms. The number of aliphatic hydroxyl groups is 1. The zero-order chi connectivity index (χ0) is 20.2. The molecular weight excluding hydrogens is 362 g/mol. The van der Waals surface area contributed by atoms with Crippen LogP contribution in [-0.2, 0) is 0 Å². The van der Waals surface area contributed by atoms with E-state index in [2.05, 4.69) is 52.9 Å². The van der Waals surface area contributed by atoms with Crippen molar-refractivity contribution in [2.24, 2.45) is 0 Å². The van der Waals surface area contributed by atoms with Gasteiger partial charge in [-0.15, -0.1) is 0 Å². The number of nitrogens with one attached hydrogen (secondary N) is 1. The van der Waals surface area contributed by atoms with Gasteiger partial charge in [0.1, 0.15) is 12.4 Å². The molecule has 2 aromatic rings. The second-order valence-corrected chi connectivity index (χ2v) is 7.82. The zero-order valence-electron chi connectivity index (χ0n) is 17.0. The van der Waals surface area contributed by atoms with Gasteiger partial charge in [-0.2, -0.15) is 0 Å². The smallest absolute Gasteiger partial charge is 0.143 e. The Morgan fingerprint density at radius 3 is 2.66 bits per heavy atom. The van der Waals surface area contributed by atoms with Crippen molar-refractivity contribution in [2.45, 2.75) is 13.0 Å². The molecule has 0 aliphatic carbocycles. The third-order valence-electron chi connectivity index (χ3n) is 5.45. The van der Waals surface area contributed by atoms with Crippen molar-refractivity contribution >= 4 is 17.5 Å². The topological polar surface area (TPSA) is 48.0 Å². The van der Waals surface area contributed by atoms with Gasteiger partial charge in [-0.3, -0.25) is 4.90 Å². The fourth-order valence-electron chi connectivity index (χ4n) is 3.75. The molecule has 0 aromatic heterocycles. The second kappa shape index (κ2) is 8.72. The van der Waals surface area contributed by atoms with Gasteiger partial charge < -0.3 is 20.1 Å². The first-order valence-electron chi connectivity index (χ1n) is 10.2. The Kier molecular flexibility index (Phi) is 5.88. The molecule has 2 heterocycles. The van der Waals surface area contributed by atoms with Gasteiger partial charge in [0, 0.05) is 44.1 Å². The van der Waals surface area contributed by atoms with Crippen LogP contribution in [0.1, 0.15) is 11.1 Å². The van der Waals surface area contributed by atoms with Crippen LogP contribution in [0.3, 0.4) is 0 Å². The molecule has 29 heavy (non-hydrogen) atoms. The van der Waals surface area contributed by atoms with E-state index < -0.39 is 6.10 Å². The molecule has 2 aliphatic rings. The molecule has 5 nitrogen and oxygen atoms in total. The summed E-state index contributed by atoms with van der Waals surface area (Å²) in [5, 5.41) is 13.7. The van der Waals surface area contributed by atoms with Crippen molar-refractivity contribution in [2.75, 3.05) is 49.5 Å². The van der Waals surface area contributed by atoms with Crippen LogP contribution in [0, 0.1) is 6.92 Å². The summed E-state index contributed by atoms with van der Waals surface area (Å²) in [6.07, 6.45) is 3.33. The summed E-state index contributed by atoms with van der Waals surface area (Å²) >= 11 is 0. The lowest BCUT2D eigenvalue weighted by Gasteiger charge is -2.36. The molecule has 1 atom stereocenters. The standard InChI is InChI=1S/C24H29N3O2/c1-18-3-7-21(8-4-18)27-13-11-26(12-14-27)16-22(28)9-5-20-6-10-23-24(15-20)29-17-19(2)25-23/h3-10,15,22,25,28H,2,11-14,16-17H2,1H3/b9-5+/t22-/m0/s1. The summed E-state index contributed by atoms with van der Waals surface area (Å²) in [6, 6.07) is 14.7. The van der Waals surface area contributed by atoms with E-state index in [1.807, 2.05) is 30.4 Å². The van der Waals surface area contributed by atoms with E-state index in [1.54, 1.807) is 0 Å². The van der Waals surface area contributed by atoms with Crippen molar-refractivity contribution < 1.29 is 9.84 Å². The Labute approximate surface area is 172 Å². The minimum Gasteiger partial charge on any atom is -0.485 e. The number of hydrogen-bond acceptors (Lipinski definition) is 5. The van der Waals surface area contributed by atoms with Gasteiger partial charge in [-0.1, -0.05) is 42.5 Å². The molecule has 0 unspecified atom stereocenters. The van der Waals surface area contributed by atoms with E-state index in [0.717, 1.165) is 48.9 Å². The molecule has 2 aromatic carbocycles. The van der Waals surface area contributed by atoms with E-state index in [9.17, 15) is 5.11 Å². The molecule has 1 saturated heterocycles. The maximum absolute atomic E-state index is 10.5. The van der Waals surface area contributed by atoms with E-state index in [0.29, 0.717) is 13.2 Å². The average molecular weight is 392 g/mol. The maximum atomic E-state index is 10.5. The molecule has 2 aliphatic heterocycles. The predicted molar refractivity (Wildman–Crippen MR) is 120 cm³/mol. The molecule has 2 N–H and O–H groups in total. The van der Waals surface area contributed by atoms with Gasteiger partial charge in [-0.05, 0) is 36.8 Å². The second-order valence-electron chi connectivity index (χ2n) is 7.82. The number of anilines is 2. The first-order valence-corrected chi connectivity index (χ1v) is 10.2. The van der Waals surface area contributed by atoms with E-state index in [-0.39, 0.29) is 0 Å². The quantitative estimate of drug-likeness (QED) is 0.817.